The standard InChI is InChI=1S/C17H35N3O2/c1-4-18-16(19-11-8-12-22-13-15(2)3)20-14-17(21)9-6-5-7-10-17/h15,21H,4-14H2,1-3H3,(H2,18,19,20). The van der Waals surface area contributed by atoms with Gasteiger partial charge in [-0.15, -0.1) is 0 Å². The molecule has 0 spiro atoms. The van der Waals surface area contributed by atoms with Gasteiger partial charge in [0.15, 0.2) is 5.96 Å². The lowest BCUT2D eigenvalue weighted by Crippen LogP contribution is -2.41. The molecule has 0 amide bonds. The zero-order valence-corrected chi connectivity index (χ0v) is 14.7. The third kappa shape index (κ3) is 8.59. The quantitative estimate of drug-likeness (QED) is 0.347. The first-order valence-electron chi connectivity index (χ1n) is 8.88. The summed E-state index contributed by atoms with van der Waals surface area (Å²) in [6, 6.07) is 0. The molecule has 0 saturated heterocycles. The number of guanidine groups is 1. The van der Waals surface area contributed by atoms with Crippen molar-refractivity contribution in [2.45, 2.75) is 64.9 Å². The first-order valence-corrected chi connectivity index (χ1v) is 8.88. The maximum atomic E-state index is 10.5. The summed E-state index contributed by atoms with van der Waals surface area (Å²) in [4.78, 5) is 4.56. The van der Waals surface area contributed by atoms with E-state index in [9.17, 15) is 5.11 Å². The number of aliphatic imine (C=N–C) groups is 1. The summed E-state index contributed by atoms with van der Waals surface area (Å²) in [7, 11) is 0. The molecule has 1 aliphatic carbocycles. The molecule has 0 aromatic rings. The fourth-order valence-corrected chi connectivity index (χ4v) is 2.64. The van der Waals surface area contributed by atoms with Gasteiger partial charge in [0.05, 0.1) is 12.1 Å². The minimum atomic E-state index is -0.596. The van der Waals surface area contributed by atoms with Crippen LogP contribution in [0.3, 0.4) is 0 Å². The van der Waals surface area contributed by atoms with E-state index in [1.807, 2.05) is 0 Å². The first kappa shape index (κ1) is 19.2. The molecule has 0 heterocycles. The predicted molar refractivity (Wildman–Crippen MR) is 92.3 cm³/mol. The fraction of sp³-hybridized carbons (Fsp3) is 0.941. The smallest absolute Gasteiger partial charge is 0.191 e. The highest BCUT2D eigenvalue weighted by Gasteiger charge is 2.28. The highest BCUT2D eigenvalue weighted by molar-refractivity contribution is 5.79. The molecule has 22 heavy (non-hydrogen) atoms. The Morgan fingerprint density at radius 2 is 1.95 bits per heavy atom. The number of ether oxygens (including phenoxy) is 1. The Morgan fingerprint density at radius 1 is 1.23 bits per heavy atom. The Balaban J connectivity index is 2.26. The van der Waals surface area contributed by atoms with Crippen molar-refractivity contribution in [1.29, 1.82) is 0 Å². The monoisotopic (exact) mass is 313 g/mol. The molecule has 1 aliphatic rings. The van der Waals surface area contributed by atoms with Crippen molar-refractivity contribution in [1.82, 2.24) is 10.6 Å². The van der Waals surface area contributed by atoms with Crippen molar-refractivity contribution >= 4 is 5.96 Å². The maximum Gasteiger partial charge on any atom is 0.191 e. The Bertz CT molecular complexity index is 313. The topological polar surface area (TPSA) is 65.9 Å². The average Bonchev–Trinajstić information content (AvgIpc) is 2.48. The van der Waals surface area contributed by atoms with Gasteiger partial charge in [0.1, 0.15) is 0 Å². The summed E-state index contributed by atoms with van der Waals surface area (Å²) >= 11 is 0. The van der Waals surface area contributed by atoms with Gasteiger partial charge >= 0.3 is 0 Å². The molecule has 1 saturated carbocycles. The van der Waals surface area contributed by atoms with Crippen LogP contribution in [-0.4, -0.2) is 49.5 Å². The highest BCUT2D eigenvalue weighted by Crippen LogP contribution is 2.28. The Morgan fingerprint density at radius 3 is 2.59 bits per heavy atom. The van der Waals surface area contributed by atoms with Crippen molar-refractivity contribution in [2.24, 2.45) is 10.9 Å². The van der Waals surface area contributed by atoms with Gasteiger partial charge in [0, 0.05) is 26.3 Å². The first-order chi connectivity index (χ1) is 10.6. The predicted octanol–water partition coefficient (Wildman–Crippen LogP) is 2.30. The molecular formula is C17H35N3O2. The molecule has 5 nitrogen and oxygen atoms in total. The third-order valence-electron chi connectivity index (χ3n) is 3.87. The molecule has 0 aromatic carbocycles. The number of nitrogens with one attached hydrogen (secondary N) is 2. The zero-order valence-electron chi connectivity index (χ0n) is 14.7. The summed E-state index contributed by atoms with van der Waals surface area (Å²) in [5.41, 5.74) is -0.596. The SMILES string of the molecule is CCNC(=NCC1(O)CCCCC1)NCCCOCC(C)C. The van der Waals surface area contributed by atoms with Gasteiger partial charge in [-0.25, -0.2) is 0 Å². The van der Waals surface area contributed by atoms with Crippen molar-refractivity contribution in [3.05, 3.63) is 0 Å². The van der Waals surface area contributed by atoms with Gasteiger partial charge in [0.25, 0.3) is 0 Å². The zero-order chi connectivity index (χ0) is 16.3. The molecule has 0 aromatic heterocycles. The maximum absolute atomic E-state index is 10.5. The van der Waals surface area contributed by atoms with E-state index in [4.69, 9.17) is 4.74 Å². The number of rotatable bonds is 9. The molecule has 0 unspecified atom stereocenters. The van der Waals surface area contributed by atoms with Crippen molar-refractivity contribution in [3.8, 4) is 0 Å². The van der Waals surface area contributed by atoms with E-state index in [-0.39, 0.29) is 0 Å². The van der Waals surface area contributed by atoms with Crippen LogP contribution < -0.4 is 10.6 Å². The van der Waals surface area contributed by atoms with Gasteiger partial charge in [-0.2, -0.15) is 0 Å². The van der Waals surface area contributed by atoms with Crippen molar-refractivity contribution in [3.63, 3.8) is 0 Å². The number of nitrogens with zero attached hydrogens (tertiary/aromatic N) is 1. The van der Waals surface area contributed by atoms with E-state index in [0.717, 1.165) is 64.4 Å². The lowest BCUT2D eigenvalue weighted by molar-refractivity contribution is 0.0131. The van der Waals surface area contributed by atoms with Crippen LogP contribution in [0.5, 0.6) is 0 Å². The van der Waals surface area contributed by atoms with Crippen LogP contribution in [0.2, 0.25) is 0 Å². The molecule has 3 N–H and O–H groups in total. The molecule has 1 fully saturated rings. The van der Waals surface area contributed by atoms with Gasteiger partial charge in [0.2, 0.25) is 0 Å². The average molecular weight is 313 g/mol. The van der Waals surface area contributed by atoms with Crippen LogP contribution in [0.4, 0.5) is 0 Å². The second-order valence-corrected chi connectivity index (χ2v) is 6.73. The summed E-state index contributed by atoms with van der Waals surface area (Å²) in [5, 5.41) is 17.0. The molecule has 1 rings (SSSR count). The lowest BCUT2D eigenvalue weighted by Gasteiger charge is -2.30. The van der Waals surface area contributed by atoms with Crippen LogP contribution in [0.1, 0.15) is 59.3 Å². The van der Waals surface area contributed by atoms with Crippen LogP contribution in [0, 0.1) is 5.92 Å². The Kier molecular flexibility index (Phi) is 9.48. The summed E-state index contributed by atoms with van der Waals surface area (Å²) in [5.74, 6) is 1.38. The number of aliphatic hydroxyl groups is 1. The van der Waals surface area contributed by atoms with Gasteiger partial charge in [-0.1, -0.05) is 33.1 Å². The van der Waals surface area contributed by atoms with E-state index >= 15 is 0 Å². The minimum absolute atomic E-state index is 0.492. The lowest BCUT2D eigenvalue weighted by atomic mass is 9.85. The van der Waals surface area contributed by atoms with Crippen LogP contribution >= 0.6 is 0 Å². The third-order valence-corrected chi connectivity index (χ3v) is 3.87. The van der Waals surface area contributed by atoms with E-state index in [1.54, 1.807) is 0 Å². The molecule has 0 atom stereocenters. The van der Waals surface area contributed by atoms with Crippen LogP contribution in [0.15, 0.2) is 4.99 Å². The van der Waals surface area contributed by atoms with E-state index in [1.165, 1.54) is 6.42 Å². The molecule has 0 aliphatic heterocycles. The molecule has 130 valence electrons. The molecular weight excluding hydrogens is 278 g/mol. The van der Waals surface area contributed by atoms with E-state index < -0.39 is 5.60 Å². The van der Waals surface area contributed by atoms with Crippen LogP contribution in [0.25, 0.3) is 0 Å². The fourth-order valence-electron chi connectivity index (χ4n) is 2.64. The highest BCUT2D eigenvalue weighted by atomic mass is 16.5. The van der Waals surface area contributed by atoms with Gasteiger partial charge < -0.3 is 20.5 Å². The van der Waals surface area contributed by atoms with Gasteiger partial charge in [-0.3, -0.25) is 4.99 Å². The summed E-state index contributed by atoms with van der Waals surface area (Å²) in [6.45, 7) is 10.1. The molecule has 0 radical (unpaired) electrons. The second-order valence-electron chi connectivity index (χ2n) is 6.73. The largest absolute Gasteiger partial charge is 0.388 e. The Hall–Kier alpha value is -0.810. The molecule has 5 heteroatoms. The Labute approximate surface area is 135 Å². The van der Waals surface area contributed by atoms with Crippen molar-refractivity contribution in [2.75, 3.05) is 32.8 Å². The summed E-state index contributed by atoms with van der Waals surface area (Å²) < 4.78 is 5.57. The van der Waals surface area contributed by atoms with E-state index in [0.29, 0.717) is 12.5 Å². The minimum Gasteiger partial charge on any atom is -0.388 e. The number of hydrogen-bond acceptors (Lipinski definition) is 3. The van der Waals surface area contributed by atoms with Gasteiger partial charge in [-0.05, 0) is 32.1 Å². The second kappa shape index (κ2) is 10.8. The normalized spacial score (nSPS) is 18.5. The van der Waals surface area contributed by atoms with Crippen molar-refractivity contribution < 1.29 is 9.84 Å². The van der Waals surface area contributed by atoms with Crippen LogP contribution in [-0.2, 0) is 4.74 Å². The number of hydrogen-bond donors (Lipinski definition) is 3. The summed E-state index contributed by atoms with van der Waals surface area (Å²) in [6.07, 6.45) is 6.17. The molecule has 0 bridgehead atoms. The van der Waals surface area contributed by atoms with E-state index in [2.05, 4.69) is 36.4 Å².